The average Bonchev–Trinajstić information content (AvgIpc) is 4.15. The largest absolute Gasteiger partial charge is 0.318 e. The molecule has 7 heteroatoms. The van der Waals surface area contributed by atoms with Crippen LogP contribution in [0.2, 0.25) is 0 Å². The number of para-hydroxylation sites is 4. The number of allylic oxidation sites excluding steroid dienone is 2. The highest BCUT2D eigenvalue weighted by molar-refractivity contribution is 7.99. The second-order valence-corrected chi connectivity index (χ2v) is 20.2. The fourth-order valence-electron chi connectivity index (χ4n) is 12.7. The minimum Gasteiger partial charge on any atom is -0.318 e. The zero-order valence-electron chi connectivity index (χ0n) is 38.2. The molecule has 7 aromatic carbocycles. The van der Waals surface area contributed by atoms with Crippen LogP contribution in [0.25, 0.3) is 77.6 Å². The van der Waals surface area contributed by atoms with Crippen molar-refractivity contribution in [1.82, 2.24) is 24.1 Å². The monoisotopic (exact) mass is 924 g/mol. The topological polar surface area (TPSA) is 51.8 Å². The molecule has 3 atom stereocenters. The standard InChI is InChI=1S/C64H40N6S/c1-7-22-52-42(15-1)43-16-2-8-23-53(43)68(52)41-37-51-63(66-38-41)62-49(21-14-34-65-62)64(51)48-20-6-12-27-58(48)71-59-33-31-40(36-50(59)64)39-30-32-57-47(35-39)46-19-5-11-26-56(46)70(57)61-29-13-28-60(67-61)69-54-24-9-3-17-44(54)45-18-4-10-25-55(45)69/h1-38,46,56H. The van der Waals surface area contributed by atoms with Gasteiger partial charge in [0.05, 0.1) is 56.8 Å². The number of rotatable bonds is 4. The Morgan fingerprint density at radius 1 is 0.451 bits per heavy atom. The Kier molecular flexibility index (Phi) is 8.05. The maximum Gasteiger partial charge on any atom is 0.140 e. The second-order valence-electron chi connectivity index (χ2n) is 19.1. The highest BCUT2D eigenvalue weighted by atomic mass is 32.2. The first-order chi connectivity index (χ1) is 35.2. The van der Waals surface area contributed by atoms with E-state index in [-0.39, 0.29) is 12.0 Å². The van der Waals surface area contributed by atoms with Gasteiger partial charge in [0.2, 0.25) is 0 Å². The molecule has 0 bridgehead atoms. The van der Waals surface area contributed by atoms with Gasteiger partial charge in [-0.05, 0) is 112 Å². The molecular formula is C64H40N6S. The van der Waals surface area contributed by atoms with E-state index in [0.29, 0.717) is 0 Å². The highest BCUT2D eigenvalue weighted by Crippen LogP contribution is 2.62. The molecule has 16 rings (SSSR count). The van der Waals surface area contributed by atoms with Gasteiger partial charge in [0, 0.05) is 54.7 Å². The van der Waals surface area contributed by atoms with E-state index < -0.39 is 5.41 Å². The summed E-state index contributed by atoms with van der Waals surface area (Å²) < 4.78 is 4.69. The Balaban J connectivity index is 0.865. The fraction of sp³-hybridized carbons (Fsp3) is 0.0469. The first kappa shape index (κ1) is 39.1. The van der Waals surface area contributed by atoms with Gasteiger partial charge in [-0.25, -0.2) is 4.98 Å². The van der Waals surface area contributed by atoms with Crippen molar-refractivity contribution in [1.29, 1.82) is 0 Å². The van der Waals surface area contributed by atoms with E-state index in [1.165, 1.54) is 64.8 Å². The molecule has 5 aromatic heterocycles. The molecule has 7 heterocycles. The first-order valence-corrected chi connectivity index (χ1v) is 25.1. The molecule has 1 spiro atoms. The van der Waals surface area contributed by atoms with Crippen molar-refractivity contribution in [3.8, 4) is 34.0 Å². The summed E-state index contributed by atoms with van der Waals surface area (Å²) in [6.07, 6.45) is 13.0. The molecule has 0 fully saturated rings. The molecule has 2 aliphatic heterocycles. The molecule has 0 saturated carbocycles. The van der Waals surface area contributed by atoms with Crippen LogP contribution in [0.3, 0.4) is 0 Å². The van der Waals surface area contributed by atoms with E-state index in [0.717, 1.165) is 61.9 Å². The van der Waals surface area contributed by atoms with Gasteiger partial charge in [0.1, 0.15) is 11.6 Å². The van der Waals surface area contributed by atoms with E-state index in [4.69, 9.17) is 15.0 Å². The quantitative estimate of drug-likeness (QED) is 0.176. The first-order valence-electron chi connectivity index (χ1n) is 24.3. The number of aromatic nitrogens is 5. The van der Waals surface area contributed by atoms with Crippen LogP contribution in [0.4, 0.5) is 11.5 Å². The van der Waals surface area contributed by atoms with Gasteiger partial charge < -0.3 is 9.47 Å². The summed E-state index contributed by atoms with van der Waals surface area (Å²) in [5.74, 6) is 1.99. The third-order valence-corrected chi connectivity index (χ3v) is 16.8. The van der Waals surface area contributed by atoms with Crippen LogP contribution in [0, 0.1) is 0 Å². The van der Waals surface area contributed by atoms with Crippen LogP contribution in [-0.4, -0.2) is 30.1 Å². The van der Waals surface area contributed by atoms with Gasteiger partial charge in [-0.15, -0.1) is 0 Å². The molecule has 0 N–H and O–H groups in total. The predicted octanol–water partition coefficient (Wildman–Crippen LogP) is 15.3. The number of hydrogen-bond donors (Lipinski definition) is 0. The smallest absolute Gasteiger partial charge is 0.140 e. The van der Waals surface area contributed by atoms with Crippen molar-refractivity contribution in [3.63, 3.8) is 0 Å². The van der Waals surface area contributed by atoms with Gasteiger partial charge >= 0.3 is 0 Å². The number of fused-ring (bicyclic) bond motifs is 18. The minimum absolute atomic E-state index is 0.0843. The lowest BCUT2D eigenvalue weighted by molar-refractivity contribution is 0.719. The van der Waals surface area contributed by atoms with Crippen LogP contribution < -0.4 is 4.90 Å². The normalized spacial score (nSPS) is 18.0. The predicted molar refractivity (Wildman–Crippen MR) is 289 cm³/mol. The van der Waals surface area contributed by atoms with Crippen molar-refractivity contribution in [2.75, 3.05) is 4.90 Å². The Hall–Kier alpha value is -8.78. The Morgan fingerprint density at radius 2 is 1.06 bits per heavy atom. The van der Waals surface area contributed by atoms with Crippen LogP contribution >= 0.6 is 11.8 Å². The lowest BCUT2D eigenvalue weighted by atomic mass is 9.67. The van der Waals surface area contributed by atoms with Crippen molar-refractivity contribution in [3.05, 3.63) is 259 Å². The fourth-order valence-corrected chi connectivity index (χ4v) is 13.9. The number of hydrogen-bond acceptors (Lipinski definition) is 5. The molecule has 0 saturated heterocycles. The zero-order valence-corrected chi connectivity index (χ0v) is 39.0. The van der Waals surface area contributed by atoms with E-state index in [9.17, 15) is 0 Å². The Morgan fingerprint density at radius 3 is 1.82 bits per heavy atom. The molecule has 71 heavy (non-hydrogen) atoms. The summed E-state index contributed by atoms with van der Waals surface area (Å²) >= 11 is 1.86. The molecule has 6 nitrogen and oxygen atoms in total. The van der Waals surface area contributed by atoms with Gasteiger partial charge in [0.15, 0.2) is 0 Å². The molecule has 2 aliphatic carbocycles. The van der Waals surface area contributed by atoms with E-state index in [2.05, 4.69) is 232 Å². The third-order valence-electron chi connectivity index (χ3n) is 15.6. The third kappa shape index (κ3) is 5.30. The zero-order chi connectivity index (χ0) is 46.4. The SMILES string of the molecule is C1=CC2c3cc(-c4ccc5c(c4)C4(c6ccccc6S5)c5cccnc5-c5ncc(-n6c7ccccc7c7ccccc76)cc54)ccc3N(c3cccc(-n4c5ccccc5c5ccccc54)n3)C2C=C1. The maximum absolute atomic E-state index is 5.48. The summed E-state index contributed by atoms with van der Waals surface area (Å²) in [5, 5.41) is 4.91. The van der Waals surface area contributed by atoms with Crippen molar-refractivity contribution < 1.29 is 0 Å². The van der Waals surface area contributed by atoms with Crippen LogP contribution in [0.5, 0.6) is 0 Å². The van der Waals surface area contributed by atoms with Crippen LogP contribution in [-0.2, 0) is 5.41 Å². The molecule has 12 aromatic rings. The van der Waals surface area contributed by atoms with Gasteiger partial charge in [0.25, 0.3) is 0 Å². The second kappa shape index (κ2) is 14.6. The minimum atomic E-state index is -0.670. The maximum atomic E-state index is 5.48. The molecule has 3 unspecified atom stereocenters. The van der Waals surface area contributed by atoms with Crippen LogP contribution in [0.1, 0.15) is 33.7 Å². The van der Waals surface area contributed by atoms with Gasteiger partial charge in [-0.3, -0.25) is 14.5 Å². The Labute approximate surface area is 413 Å². The molecular weight excluding hydrogens is 885 g/mol. The van der Waals surface area contributed by atoms with E-state index in [1.54, 1.807) is 0 Å². The van der Waals surface area contributed by atoms with E-state index in [1.807, 2.05) is 24.2 Å². The number of benzene rings is 7. The number of anilines is 2. The summed E-state index contributed by atoms with van der Waals surface area (Å²) in [7, 11) is 0. The Bertz CT molecular complexity index is 4220. The highest BCUT2D eigenvalue weighted by Gasteiger charge is 2.52. The lowest BCUT2D eigenvalue weighted by Gasteiger charge is -2.39. The average molecular weight is 925 g/mol. The van der Waals surface area contributed by atoms with Crippen molar-refractivity contribution in [2.45, 2.75) is 27.2 Å². The molecule has 4 aliphatic rings. The number of pyridine rings is 3. The molecule has 0 amide bonds. The van der Waals surface area contributed by atoms with Crippen molar-refractivity contribution in [2.24, 2.45) is 0 Å². The van der Waals surface area contributed by atoms with Crippen LogP contribution in [0.15, 0.2) is 241 Å². The van der Waals surface area contributed by atoms with E-state index >= 15 is 0 Å². The van der Waals surface area contributed by atoms with Gasteiger partial charge in [-0.1, -0.05) is 151 Å². The molecule has 0 radical (unpaired) electrons. The summed E-state index contributed by atoms with van der Waals surface area (Å²) in [6.45, 7) is 0. The van der Waals surface area contributed by atoms with Gasteiger partial charge in [-0.2, -0.15) is 0 Å². The van der Waals surface area contributed by atoms with Crippen molar-refractivity contribution >= 4 is 66.9 Å². The summed E-state index contributed by atoms with van der Waals surface area (Å²) in [5.41, 5.74) is 16.5. The summed E-state index contributed by atoms with van der Waals surface area (Å²) in [6, 6.07) is 71.2. The lowest BCUT2D eigenvalue weighted by Crippen LogP contribution is -2.32. The molecule has 332 valence electrons. The summed E-state index contributed by atoms with van der Waals surface area (Å²) in [4.78, 5) is 20.9. The number of nitrogens with zero attached hydrogens (tertiary/aromatic N) is 6.